The number of Topliss-reactive ketones (excluding diaryl/α,β-unsaturated/α-hetero) is 1. The largest absolute Gasteiger partial charge is 1.00 e. The van der Waals surface area contributed by atoms with E-state index in [1.807, 2.05) is 0 Å². The standard InChI is InChI=1S/C20H22FNO.ClH/c21-19-9-7-18(8-10-19)20(23)6-3-13-22-14-11-16-4-1-2-5-17(16)12-15-22;/h1-2,4-5,7-10H,3,6,11-15H2;1H. The number of fused-ring (bicyclic) bond motifs is 1. The molecule has 0 aliphatic carbocycles. The molecule has 128 valence electrons. The molecule has 1 aliphatic heterocycles. The van der Waals surface area contributed by atoms with Gasteiger partial charge < -0.3 is 17.3 Å². The maximum absolute atomic E-state index is 12.9. The maximum atomic E-state index is 12.9. The van der Waals surface area contributed by atoms with E-state index in [0.29, 0.717) is 12.0 Å². The SMILES string of the molecule is O=C(CCC[NH+]1CCc2ccccc2CC1)c1ccc(F)cc1.[Cl-]. The number of ketones is 1. The summed E-state index contributed by atoms with van der Waals surface area (Å²) in [6.07, 6.45) is 3.68. The van der Waals surface area contributed by atoms with Gasteiger partial charge in [-0.25, -0.2) is 4.39 Å². The van der Waals surface area contributed by atoms with Crippen LogP contribution in [0.1, 0.15) is 34.3 Å². The van der Waals surface area contributed by atoms with Crippen molar-refractivity contribution in [2.45, 2.75) is 25.7 Å². The van der Waals surface area contributed by atoms with E-state index in [0.717, 1.165) is 38.9 Å². The van der Waals surface area contributed by atoms with E-state index in [1.54, 1.807) is 17.0 Å². The van der Waals surface area contributed by atoms with Gasteiger partial charge in [-0.05, 0) is 35.4 Å². The average Bonchev–Trinajstić information content (AvgIpc) is 2.78. The third-order valence-electron chi connectivity index (χ3n) is 4.71. The van der Waals surface area contributed by atoms with Crippen LogP contribution < -0.4 is 17.3 Å². The molecular formula is C20H23ClFNO. The highest BCUT2D eigenvalue weighted by molar-refractivity contribution is 5.95. The van der Waals surface area contributed by atoms with Crippen LogP contribution in [-0.2, 0) is 12.8 Å². The van der Waals surface area contributed by atoms with Crippen LogP contribution in [-0.4, -0.2) is 25.4 Å². The molecule has 0 fully saturated rings. The maximum Gasteiger partial charge on any atom is 0.163 e. The molecule has 24 heavy (non-hydrogen) atoms. The summed E-state index contributed by atoms with van der Waals surface area (Å²) in [6, 6.07) is 14.6. The van der Waals surface area contributed by atoms with Crippen LogP contribution in [0, 0.1) is 5.82 Å². The summed E-state index contributed by atoms with van der Waals surface area (Å²) in [7, 11) is 0. The highest BCUT2D eigenvalue weighted by Gasteiger charge is 2.16. The number of quaternary nitrogens is 1. The zero-order valence-corrected chi connectivity index (χ0v) is 14.5. The van der Waals surface area contributed by atoms with Crippen molar-refractivity contribution in [3.8, 4) is 0 Å². The number of nitrogens with one attached hydrogen (secondary N) is 1. The first-order chi connectivity index (χ1) is 11.2. The highest BCUT2D eigenvalue weighted by atomic mass is 35.5. The second kappa shape index (κ2) is 8.95. The molecule has 0 atom stereocenters. The van der Waals surface area contributed by atoms with Crippen LogP contribution in [0.5, 0.6) is 0 Å². The zero-order valence-electron chi connectivity index (χ0n) is 13.7. The summed E-state index contributed by atoms with van der Waals surface area (Å²) in [6.45, 7) is 3.31. The number of benzene rings is 2. The van der Waals surface area contributed by atoms with Gasteiger partial charge in [0.05, 0.1) is 19.6 Å². The first kappa shape index (κ1) is 18.6. The summed E-state index contributed by atoms with van der Waals surface area (Å²) < 4.78 is 12.9. The summed E-state index contributed by atoms with van der Waals surface area (Å²) in [5.41, 5.74) is 3.57. The van der Waals surface area contributed by atoms with Gasteiger partial charge in [-0.2, -0.15) is 0 Å². The minimum absolute atomic E-state index is 0. The number of hydrogen-bond acceptors (Lipinski definition) is 1. The molecule has 3 rings (SSSR count). The van der Waals surface area contributed by atoms with Crippen molar-refractivity contribution >= 4 is 5.78 Å². The first-order valence-corrected chi connectivity index (χ1v) is 8.41. The second-order valence-corrected chi connectivity index (χ2v) is 6.30. The van der Waals surface area contributed by atoms with Crippen molar-refractivity contribution in [3.05, 3.63) is 71.0 Å². The van der Waals surface area contributed by atoms with Gasteiger partial charge in [0.25, 0.3) is 0 Å². The van der Waals surface area contributed by atoms with Gasteiger partial charge >= 0.3 is 0 Å². The minimum Gasteiger partial charge on any atom is -1.00 e. The molecule has 0 radical (unpaired) electrons. The van der Waals surface area contributed by atoms with Crippen molar-refractivity contribution in [1.29, 1.82) is 0 Å². The van der Waals surface area contributed by atoms with Gasteiger partial charge in [0.15, 0.2) is 5.78 Å². The molecule has 1 heterocycles. The van der Waals surface area contributed by atoms with Gasteiger partial charge in [-0.1, -0.05) is 24.3 Å². The highest BCUT2D eigenvalue weighted by Crippen LogP contribution is 2.11. The second-order valence-electron chi connectivity index (χ2n) is 6.30. The van der Waals surface area contributed by atoms with E-state index in [-0.39, 0.29) is 24.0 Å². The third kappa shape index (κ3) is 4.89. The van der Waals surface area contributed by atoms with E-state index in [2.05, 4.69) is 24.3 Å². The molecule has 0 spiro atoms. The van der Waals surface area contributed by atoms with Crippen LogP contribution in [0.25, 0.3) is 0 Å². The van der Waals surface area contributed by atoms with Crippen molar-refractivity contribution in [1.82, 2.24) is 0 Å². The van der Waals surface area contributed by atoms with E-state index >= 15 is 0 Å². The zero-order chi connectivity index (χ0) is 16.1. The Balaban J connectivity index is 0.00000208. The van der Waals surface area contributed by atoms with Gasteiger partial charge in [-0.3, -0.25) is 4.79 Å². The Morgan fingerprint density at radius 2 is 1.54 bits per heavy atom. The number of hydrogen-bond donors (Lipinski definition) is 1. The lowest BCUT2D eigenvalue weighted by atomic mass is 10.0. The Kier molecular flexibility index (Phi) is 6.95. The van der Waals surface area contributed by atoms with Crippen LogP contribution in [0.3, 0.4) is 0 Å². The topological polar surface area (TPSA) is 21.5 Å². The van der Waals surface area contributed by atoms with Crippen molar-refractivity contribution in [2.75, 3.05) is 19.6 Å². The molecule has 0 bridgehead atoms. The van der Waals surface area contributed by atoms with Crippen molar-refractivity contribution < 1.29 is 26.5 Å². The summed E-state index contributed by atoms with van der Waals surface area (Å²) >= 11 is 0. The van der Waals surface area contributed by atoms with E-state index in [1.165, 1.54) is 23.3 Å². The normalized spacial score (nSPS) is 14.4. The molecule has 2 nitrogen and oxygen atoms in total. The Hall–Kier alpha value is -1.71. The molecule has 1 N–H and O–H groups in total. The molecule has 2 aromatic rings. The molecule has 0 unspecified atom stereocenters. The van der Waals surface area contributed by atoms with E-state index in [9.17, 15) is 9.18 Å². The summed E-state index contributed by atoms with van der Waals surface area (Å²) in [5.74, 6) is -0.183. The average molecular weight is 348 g/mol. The first-order valence-electron chi connectivity index (χ1n) is 8.41. The minimum atomic E-state index is -0.296. The molecule has 1 aliphatic rings. The predicted octanol–water partition coefficient (Wildman–Crippen LogP) is -0.524. The van der Waals surface area contributed by atoms with Crippen LogP contribution in [0.4, 0.5) is 4.39 Å². The smallest absolute Gasteiger partial charge is 0.163 e. The molecule has 0 saturated carbocycles. The van der Waals surface area contributed by atoms with Crippen molar-refractivity contribution in [2.24, 2.45) is 0 Å². The van der Waals surface area contributed by atoms with Gasteiger partial charge in [0.2, 0.25) is 0 Å². The molecule has 0 amide bonds. The monoisotopic (exact) mass is 347 g/mol. The lowest BCUT2D eigenvalue weighted by Gasteiger charge is -2.16. The van der Waals surface area contributed by atoms with E-state index in [4.69, 9.17) is 0 Å². The van der Waals surface area contributed by atoms with Gasteiger partial charge in [-0.15, -0.1) is 0 Å². The number of rotatable bonds is 5. The number of carbonyl (C=O) groups is 1. The lowest BCUT2D eigenvalue weighted by Crippen LogP contribution is -3.12. The lowest BCUT2D eigenvalue weighted by molar-refractivity contribution is -0.899. The predicted molar refractivity (Wildman–Crippen MR) is 89.4 cm³/mol. The molecule has 0 saturated heterocycles. The van der Waals surface area contributed by atoms with Crippen molar-refractivity contribution in [3.63, 3.8) is 0 Å². The Morgan fingerprint density at radius 3 is 2.12 bits per heavy atom. The van der Waals surface area contributed by atoms with E-state index < -0.39 is 0 Å². The number of halogens is 2. The number of carbonyl (C=O) groups excluding carboxylic acids is 1. The Labute approximate surface area is 149 Å². The van der Waals surface area contributed by atoms with Crippen LogP contribution >= 0.6 is 0 Å². The fraction of sp³-hybridized carbons (Fsp3) is 0.350. The molecule has 0 aromatic heterocycles. The molecular weight excluding hydrogens is 325 g/mol. The quantitative estimate of drug-likeness (QED) is 0.722. The van der Waals surface area contributed by atoms with Crippen LogP contribution in [0.15, 0.2) is 48.5 Å². The molecule has 2 aromatic carbocycles. The third-order valence-corrected chi connectivity index (χ3v) is 4.71. The summed E-state index contributed by atoms with van der Waals surface area (Å²) in [4.78, 5) is 13.7. The summed E-state index contributed by atoms with van der Waals surface area (Å²) in [5, 5.41) is 0. The van der Waals surface area contributed by atoms with Gasteiger partial charge in [0.1, 0.15) is 5.82 Å². The van der Waals surface area contributed by atoms with Gasteiger partial charge in [0, 0.05) is 31.2 Å². The Morgan fingerprint density at radius 1 is 0.958 bits per heavy atom. The fourth-order valence-corrected chi connectivity index (χ4v) is 3.32. The Bertz CT molecular complexity index is 645. The fourth-order valence-electron chi connectivity index (χ4n) is 3.32. The van der Waals surface area contributed by atoms with Crippen LogP contribution in [0.2, 0.25) is 0 Å². The molecule has 4 heteroatoms.